The summed E-state index contributed by atoms with van der Waals surface area (Å²) in [4.78, 5) is 20.1. The molecule has 1 aliphatic rings. The van der Waals surface area contributed by atoms with Crippen LogP contribution >= 0.6 is 33.3 Å². The van der Waals surface area contributed by atoms with Crippen LogP contribution in [0, 0.1) is 0 Å². The molecule has 6 heteroatoms. The maximum absolute atomic E-state index is 12.6. The Kier molecular flexibility index (Phi) is 5.37. The van der Waals surface area contributed by atoms with Crippen LogP contribution in [0.3, 0.4) is 0 Å². The van der Waals surface area contributed by atoms with E-state index in [1.54, 1.807) is 38.2 Å². The first-order chi connectivity index (χ1) is 11.5. The summed E-state index contributed by atoms with van der Waals surface area (Å²) in [7, 11) is 7.09. The lowest BCUT2D eigenvalue weighted by Gasteiger charge is -2.37. The van der Waals surface area contributed by atoms with Crippen molar-refractivity contribution < 1.29 is 4.79 Å². The fraction of sp³-hybridized carbons (Fsp3) is 0.278. The first-order valence-electron chi connectivity index (χ1n) is 7.65. The third-order valence-electron chi connectivity index (χ3n) is 3.90. The largest absolute Gasteiger partial charge is 0.347 e. The Balaban J connectivity index is 2.12. The predicted octanol–water partition coefficient (Wildman–Crippen LogP) is 5.14. The van der Waals surface area contributed by atoms with Crippen LogP contribution in [0.2, 0.25) is 0 Å². The molecule has 0 N–H and O–H groups in total. The van der Waals surface area contributed by atoms with Gasteiger partial charge in [-0.15, -0.1) is 0 Å². The molecule has 0 saturated carbocycles. The standard InChI is InChI=1S/C18H20N2OS3/c1-12(18(21)19(2)3)20-14-7-5-6-8-16(14)23-17-10-9-13(24-22-4)11-15(17)20/h5-12H,1-4H3. The summed E-state index contributed by atoms with van der Waals surface area (Å²) in [5.41, 5.74) is 2.21. The molecule has 3 nitrogen and oxygen atoms in total. The molecule has 0 radical (unpaired) electrons. The highest BCUT2D eigenvalue weighted by atomic mass is 33.1. The Morgan fingerprint density at radius 3 is 2.54 bits per heavy atom. The molecule has 24 heavy (non-hydrogen) atoms. The van der Waals surface area contributed by atoms with E-state index in [9.17, 15) is 4.79 Å². The van der Waals surface area contributed by atoms with Gasteiger partial charge in [0.1, 0.15) is 6.04 Å². The number of likely N-dealkylation sites (N-methyl/N-ethyl adjacent to an activating group) is 1. The molecule has 0 fully saturated rings. The summed E-state index contributed by atoms with van der Waals surface area (Å²) in [6.45, 7) is 1.98. The first kappa shape index (κ1) is 17.6. The molecule has 0 bridgehead atoms. The smallest absolute Gasteiger partial charge is 0.244 e. The molecule has 1 aliphatic heterocycles. The van der Waals surface area contributed by atoms with Crippen molar-refractivity contribution in [1.29, 1.82) is 0 Å². The molecule has 3 rings (SSSR count). The van der Waals surface area contributed by atoms with E-state index in [0.29, 0.717) is 0 Å². The van der Waals surface area contributed by atoms with Gasteiger partial charge in [0.25, 0.3) is 0 Å². The van der Waals surface area contributed by atoms with Crippen molar-refractivity contribution in [3.05, 3.63) is 42.5 Å². The summed E-state index contributed by atoms with van der Waals surface area (Å²) in [6.07, 6.45) is 2.07. The molecule has 2 aromatic carbocycles. The Morgan fingerprint density at radius 1 is 1.12 bits per heavy atom. The zero-order valence-corrected chi connectivity index (χ0v) is 16.6. The van der Waals surface area contributed by atoms with Gasteiger partial charge in [-0.3, -0.25) is 4.79 Å². The van der Waals surface area contributed by atoms with Gasteiger partial charge in [0.2, 0.25) is 5.91 Å². The number of fused-ring (bicyclic) bond motifs is 2. The van der Waals surface area contributed by atoms with Crippen molar-refractivity contribution in [3.63, 3.8) is 0 Å². The summed E-state index contributed by atoms with van der Waals surface area (Å²) in [6, 6.07) is 14.5. The van der Waals surface area contributed by atoms with E-state index in [1.807, 2.05) is 33.2 Å². The molecule has 0 saturated heterocycles. The molecule has 1 amide bonds. The number of para-hydroxylation sites is 1. The topological polar surface area (TPSA) is 23.6 Å². The summed E-state index contributed by atoms with van der Waals surface area (Å²) in [5, 5.41) is 0. The van der Waals surface area contributed by atoms with Crippen molar-refractivity contribution in [1.82, 2.24) is 4.90 Å². The zero-order chi connectivity index (χ0) is 17.3. The molecule has 2 aromatic rings. The van der Waals surface area contributed by atoms with Crippen molar-refractivity contribution in [2.24, 2.45) is 0 Å². The summed E-state index contributed by atoms with van der Waals surface area (Å²) < 4.78 is 0. The normalized spacial score (nSPS) is 13.9. The van der Waals surface area contributed by atoms with E-state index in [-0.39, 0.29) is 11.9 Å². The van der Waals surface area contributed by atoms with Gasteiger partial charge in [-0.25, -0.2) is 0 Å². The van der Waals surface area contributed by atoms with Crippen molar-refractivity contribution >= 4 is 50.6 Å². The van der Waals surface area contributed by atoms with Crippen LogP contribution < -0.4 is 4.90 Å². The number of hydrogen-bond donors (Lipinski definition) is 0. The zero-order valence-electron chi connectivity index (χ0n) is 14.1. The quantitative estimate of drug-likeness (QED) is 0.688. The predicted molar refractivity (Wildman–Crippen MR) is 107 cm³/mol. The fourth-order valence-corrected chi connectivity index (χ4v) is 5.23. The average Bonchev–Trinajstić information content (AvgIpc) is 2.58. The molecule has 0 aliphatic carbocycles. The van der Waals surface area contributed by atoms with Gasteiger partial charge >= 0.3 is 0 Å². The van der Waals surface area contributed by atoms with Gasteiger partial charge in [0, 0.05) is 28.8 Å². The number of anilines is 2. The monoisotopic (exact) mass is 376 g/mol. The van der Waals surface area contributed by atoms with Gasteiger partial charge in [0.05, 0.1) is 11.4 Å². The molecule has 126 valence electrons. The maximum Gasteiger partial charge on any atom is 0.244 e. The lowest BCUT2D eigenvalue weighted by molar-refractivity contribution is -0.129. The Hall–Kier alpha value is -1.24. The van der Waals surface area contributed by atoms with Gasteiger partial charge in [-0.2, -0.15) is 0 Å². The number of amides is 1. The minimum atomic E-state index is -0.254. The van der Waals surface area contributed by atoms with E-state index in [0.717, 1.165) is 11.4 Å². The fourth-order valence-electron chi connectivity index (χ4n) is 2.81. The SMILES string of the molecule is CSSc1ccc2c(c1)N(C(C)C(=O)N(C)C)c1ccccc1S2. The Bertz CT molecular complexity index is 764. The molecule has 0 spiro atoms. The van der Waals surface area contributed by atoms with E-state index < -0.39 is 0 Å². The van der Waals surface area contributed by atoms with Crippen LogP contribution in [0.15, 0.2) is 57.2 Å². The number of benzene rings is 2. The van der Waals surface area contributed by atoms with Gasteiger partial charge in [0.15, 0.2) is 0 Å². The van der Waals surface area contributed by atoms with E-state index in [4.69, 9.17) is 0 Å². The number of nitrogens with zero attached hydrogens (tertiary/aromatic N) is 2. The highest BCUT2D eigenvalue weighted by Crippen LogP contribution is 2.50. The second-order valence-corrected chi connectivity index (χ2v) is 9.28. The lowest BCUT2D eigenvalue weighted by atomic mass is 10.1. The number of carbonyl (C=O) groups excluding carboxylic acids is 1. The average molecular weight is 377 g/mol. The molecular weight excluding hydrogens is 356 g/mol. The van der Waals surface area contributed by atoms with Crippen LogP contribution in [0.1, 0.15) is 6.92 Å². The Morgan fingerprint density at radius 2 is 1.83 bits per heavy atom. The van der Waals surface area contributed by atoms with Crippen molar-refractivity contribution in [2.75, 3.05) is 25.3 Å². The highest BCUT2D eigenvalue weighted by Gasteiger charge is 2.31. The third kappa shape index (κ3) is 3.27. The molecule has 1 unspecified atom stereocenters. The van der Waals surface area contributed by atoms with Crippen molar-refractivity contribution in [2.45, 2.75) is 27.7 Å². The summed E-state index contributed by atoms with van der Waals surface area (Å²) >= 11 is 1.77. The van der Waals surface area contributed by atoms with Crippen molar-refractivity contribution in [3.8, 4) is 0 Å². The van der Waals surface area contributed by atoms with Crippen LogP contribution in [0.25, 0.3) is 0 Å². The number of carbonyl (C=O) groups is 1. The minimum absolute atomic E-state index is 0.102. The third-order valence-corrected chi connectivity index (χ3v) is 6.72. The molecule has 0 aromatic heterocycles. The summed E-state index contributed by atoms with van der Waals surface area (Å²) in [5.74, 6) is 0.102. The van der Waals surface area contributed by atoms with Crippen LogP contribution in [0.4, 0.5) is 11.4 Å². The lowest BCUT2D eigenvalue weighted by Crippen LogP contribution is -2.43. The molecule has 1 atom stereocenters. The van der Waals surface area contributed by atoms with E-state index in [2.05, 4.69) is 41.5 Å². The minimum Gasteiger partial charge on any atom is -0.347 e. The van der Waals surface area contributed by atoms with E-state index in [1.165, 1.54) is 14.7 Å². The van der Waals surface area contributed by atoms with Crippen LogP contribution in [-0.2, 0) is 4.79 Å². The van der Waals surface area contributed by atoms with Gasteiger partial charge in [-0.05, 0) is 43.5 Å². The number of hydrogen-bond acceptors (Lipinski definition) is 5. The van der Waals surface area contributed by atoms with E-state index >= 15 is 0 Å². The van der Waals surface area contributed by atoms with Crippen LogP contribution in [0.5, 0.6) is 0 Å². The highest BCUT2D eigenvalue weighted by molar-refractivity contribution is 8.76. The van der Waals surface area contributed by atoms with Gasteiger partial charge in [-0.1, -0.05) is 45.5 Å². The second kappa shape index (κ2) is 7.33. The van der Waals surface area contributed by atoms with Gasteiger partial charge < -0.3 is 9.80 Å². The maximum atomic E-state index is 12.6. The van der Waals surface area contributed by atoms with Crippen LogP contribution in [-0.4, -0.2) is 37.2 Å². The second-order valence-electron chi connectivity index (χ2n) is 5.73. The number of rotatable bonds is 4. The first-order valence-corrected chi connectivity index (χ1v) is 11.0. The molecule has 1 heterocycles. The Labute approximate surface area is 155 Å². The molecular formula is C18H20N2OS3.